The molecule has 2 heterocycles. The summed E-state index contributed by atoms with van der Waals surface area (Å²) in [5.41, 5.74) is 0. The van der Waals surface area contributed by atoms with Crippen LogP contribution >= 0.6 is 0 Å². The number of rotatable bonds is 4. The van der Waals surface area contributed by atoms with Crippen molar-refractivity contribution < 1.29 is 14.4 Å². The Morgan fingerprint density at radius 1 is 1.24 bits per heavy atom. The van der Waals surface area contributed by atoms with Gasteiger partial charge in [-0.05, 0) is 19.3 Å². The minimum atomic E-state index is -0.344. The van der Waals surface area contributed by atoms with Crippen molar-refractivity contribution in [3.8, 4) is 0 Å². The lowest BCUT2D eigenvalue weighted by Crippen LogP contribution is -2.31. The molecule has 2 saturated heterocycles. The molecule has 0 unspecified atom stereocenters. The van der Waals surface area contributed by atoms with Crippen molar-refractivity contribution in [2.75, 3.05) is 26.2 Å². The van der Waals surface area contributed by atoms with Gasteiger partial charge in [0.25, 0.3) is 0 Å². The third kappa shape index (κ3) is 2.95. The molecule has 0 aromatic heterocycles. The second-order valence-corrected chi connectivity index (χ2v) is 4.47. The summed E-state index contributed by atoms with van der Waals surface area (Å²) in [4.78, 5) is 37.2. The summed E-state index contributed by atoms with van der Waals surface area (Å²) in [6.45, 7) is 2.32. The number of urea groups is 1. The zero-order chi connectivity index (χ0) is 12.3. The SMILES string of the molecule is O=C1CN(CCCC(=O)N2CCCC2)C(=O)N1. The molecule has 94 valence electrons. The molecule has 0 bridgehead atoms. The van der Waals surface area contributed by atoms with Gasteiger partial charge in [-0.2, -0.15) is 0 Å². The first kappa shape index (κ1) is 11.9. The maximum absolute atomic E-state index is 11.7. The zero-order valence-electron chi connectivity index (χ0n) is 9.78. The Morgan fingerprint density at radius 2 is 1.94 bits per heavy atom. The van der Waals surface area contributed by atoms with Gasteiger partial charge >= 0.3 is 6.03 Å². The standard InChI is InChI=1S/C11H17N3O3/c15-9-8-14(11(17)12-9)7-3-4-10(16)13-5-1-2-6-13/h1-8H2,(H,12,15,17). The molecule has 0 aromatic rings. The maximum Gasteiger partial charge on any atom is 0.324 e. The van der Waals surface area contributed by atoms with Crippen LogP contribution in [0.15, 0.2) is 0 Å². The number of carbonyl (C=O) groups excluding carboxylic acids is 3. The van der Waals surface area contributed by atoms with E-state index in [1.807, 2.05) is 4.90 Å². The number of carbonyl (C=O) groups is 3. The van der Waals surface area contributed by atoms with Crippen molar-refractivity contribution in [3.63, 3.8) is 0 Å². The predicted octanol–water partition coefficient (Wildman–Crippen LogP) is -0.0592. The fourth-order valence-corrected chi connectivity index (χ4v) is 2.21. The largest absolute Gasteiger partial charge is 0.343 e. The summed E-state index contributed by atoms with van der Waals surface area (Å²) in [6, 6.07) is -0.344. The van der Waals surface area contributed by atoms with Gasteiger partial charge in [0.05, 0.1) is 0 Å². The summed E-state index contributed by atoms with van der Waals surface area (Å²) in [5, 5.41) is 2.21. The van der Waals surface area contributed by atoms with Gasteiger partial charge in [-0.15, -0.1) is 0 Å². The van der Waals surface area contributed by atoms with Gasteiger partial charge in [-0.3, -0.25) is 14.9 Å². The summed E-state index contributed by atoms with van der Waals surface area (Å²) in [6.07, 6.45) is 3.26. The third-order valence-electron chi connectivity index (χ3n) is 3.15. The predicted molar refractivity (Wildman–Crippen MR) is 60.2 cm³/mol. The van der Waals surface area contributed by atoms with E-state index in [-0.39, 0.29) is 24.4 Å². The fourth-order valence-electron chi connectivity index (χ4n) is 2.21. The van der Waals surface area contributed by atoms with Crippen LogP contribution in [0.4, 0.5) is 4.79 Å². The van der Waals surface area contributed by atoms with Crippen LogP contribution in [-0.2, 0) is 9.59 Å². The van der Waals surface area contributed by atoms with Crippen LogP contribution in [0.25, 0.3) is 0 Å². The van der Waals surface area contributed by atoms with E-state index in [2.05, 4.69) is 5.32 Å². The maximum atomic E-state index is 11.7. The number of hydrogen-bond donors (Lipinski definition) is 1. The van der Waals surface area contributed by atoms with Gasteiger partial charge < -0.3 is 9.80 Å². The minimum absolute atomic E-state index is 0.122. The second kappa shape index (κ2) is 5.16. The van der Waals surface area contributed by atoms with Gasteiger partial charge in [-0.1, -0.05) is 0 Å². The topological polar surface area (TPSA) is 69.7 Å². The minimum Gasteiger partial charge on any atom is -0.343 e. The molecular weight excluding hydrogens is 222 g/mol. The van der Waals surface area contributed by atoms with Crippen molar-refractivity contribution in [1.29, 1.82) is 0 Å². The molecule has 1 N–H and O–H groups in total. The smallest absolute Gasteiger partial charge is 0.324 e. The number of amides is 4. The molecular formula is C11H17N3O3. The lowest BCUT2D eigenvalue weighted by molar-refractivity contribution is -0.130. The summed E-state index contributed by atoms with van der Waals surface area (Å²) < 4.78 is 0. The first-order valence-electron chi connectivity index (χ1n) is 6.03. The molecule has 0 spiro atoms. The molecule has 4 amide bonds. The average molecular weight is 239 g/mol. The van der Waals surface area contributed by atoms with Gasteiger partial charge in [0.15, 0.2) is 0 Å². The molecule has 0 atom stereocenters. The first-order valence-corrected chi connectivity index (χ1v) is 6.03. The average Bonchev–Trinajstić information content (AvgIpc) is 2.89. The fraction of sp³-hybridized carbons (Fsp3) is 0.727. The van der Waals surface area contributed by atoms with Crippen LogP contribution < -0.4 is 5.32 Å². The molecule has 6 nitrogen and oxygen atoms in total. The number of nitrogens with one attached hydrogen (secondary N) is 1. The quantitative estimate of drug-likeness (QED) is 0.699. The van der Waals surface area contributed by atoms with Crippen molar-refractivity contribution in [3.05, 3.63) is 0 Å². The van der Waals surface area contributed by atoms with E-state index in [1.165, 1.54) is 4.90 Å². The Balaban J connectivity index is 1.67. The molecule has 6 heteroatoms. The number of nitrogens with zero attached hydrogens (tertiary/aromatic N) is 2. The van der Waals surface area contributed by atoms with E-state index < -0.39 is 0 Å². The van der Waals surface area contributed by atoms with Crippen LogP contribution in [-0.4, -0.2) is 53.8 Å². The normalized spacial score (nSPS) is 20.0. The summed E-state index contributed by atoms with van der Waals surface area (Å²) in [7, 11) is 0. The van der Waals surface area contributed by atoms with E-state index in [9.17, 15) is 14.4 Å². The van der Waals surface area contributed by atoms with Crippen LogP contribution in [0, 0.1) is 0 Å². The Labute approximate surface area is 99.9 Å². The van der Waals surface area contributed by atoms with E-state index in [1.54, 1.807) is 0 Å². The van der Waals surface area contributed by atoms with Crippen molar-refractivity contribution >= 4 is 17.8 Å². The molecule has 2 fully saturated rings. The third-order valence-corrected chi connectivity index (χ3v) is 3.15. The van der Waals surface area contributed by atoms with E-state index in [0.717, 1.165) is 25.9 Å². The van der Waals surface area contributed by atoms with Gasteiger partial charge in [0.2, 0.25) is 11.8 Å². The van der Waals surface area contributed by atoms with Crippen LogP contribution in [0.2, 0.25) is 0 Å². The zero-order valence-corrected chi connectivity index (χ0v) is 9.78. The van der Waals surface area contributed by atoms with E-state index in [4.69, 9.17) is 0 Å². The Kier molecular flexibility index (Phi) is 3.61. The molecule has 0 radical (unpaired) electrons. The highest BCUT2D eigenvalue weighted by Gasteiger charge is 2.26. The number of hydrogen-bond acceptors (Lipinski definition) is 3. The van der Waals surface area contributed by atoms with Crippen molar-refractivity contribution in [2.45, 2.75) is 25.7 Å². The molecule has 2 aliphatic rings. The first-order chi connectivity index (χ1) is 8.16. The molecule has 0 aromatic carbocycles. The van der Waals surface area contributed by atoms with E-state index >= 15 is 0 Å². The highest BCUT2D eigenvalue weighted by atomic mass is 16.2. The molecule has 2 rings (SSSR count). The van der Waals surface area contributed by atoms with Crippen LogP contribution in [0.1, 0.15) is 25.7 Å². The Bertz CT molecular complexity index is 337. The van der Waals surface area contributed by atoms with Gasteiger partial charge in [-0.25, -0.2) is 4.79 Å². The Hall–Kier alpha value is -1.59. The monoisotopic (exact) mass is 239 g/mol. The highest BCUT2D eigenvalue weighted by Crippen LogP contribution is 2.10. The highest BCUT2D eigenvalue weighted by molar-refractivity contribution is 6.01. The lowest BCUT2D eigenvalue weighted by Gasteiger charge is -2.16. The van der Waals surface area contributed by atoms with E-state index in [0.29, 0.717) is 19.4 Å². The molecule has 0 aliphatic carbocycles. The van der Waals surface area contributed by atoms with Crippen LogP contribution in [0.3, 0.4) is 0 Å². The van der Waals surface area contributed by atoms with Gasteiger partial charge in [0.1, 0.15) is 6.54 Å². The Morgan fingerprint density at radius 3 is 2.53 bits per heavy atom. The summed E-state index contributed by atoms with van der Waals surface area (Å²) >= 11 is 0. The lowest BCUT2D eigenvalue weighted by atomic mass is 10.2. The van der Waals surface area contributed by atoms with Crippen LogP contribution in [0.5, 0.6) is 0 Å². The molecule has 0 saturated carbocycles. The van der Waals surface area contributed by atoms with Gasteiger partial charge in [0, 0.05) is 26.1 Å². The molecule has 2 aliphatic heterocycles. The second-order valence-electron chi connectivity index (χ2n) is 4.47. The molecule has 17 heavy (non-hydrogen) atoms. The number of imide groups is 1. The van der Waals surface area contributed by atoms with Crippen molar-refractivity contribution in [2.24, 2.45) is 0 Å². The summed E-state index contributed by atoms with van der Waals surface area (Å²) in [5.74, 6) is -0.102. The van der Waals surface area contributed by atoms with Crippen molar-refractivity contribution in [1.82, 2.24) is 15.1 Å². The number of likely N-dealkylation sites (tertiary alicyclic amines) is 1.